The van der Waals surface area contributed by atoms with Gasteiger partial charge in [0, 0.05) is 12.8 Å². The number of esters is 2. The predicted octanol–water partition coefficient (Wildman–Crippen LogP) is 8.17. The third kappa shape index (κ3) is 29.6. The highest BCUT2D eigenvalue weighted by atomic mass is 31.2. The minimum atomic E-state index is -4.70. The summed E-state index contributed by atoms with van der Waals surface area (Å²) in [7, 11) is -4.70. The molecule has 12 heteroatoms. The number of rotatable bonds is 33. The van der Waals surface area contributed by atoms with Crippen LogP contribution < -0.4 is 5.73 Å². The number of hydrogen-bond acceptors (Lipinski definition) is 9. The molecule has 4 N–H and O–H groups in total. The Labute approximate surface area is 278 Å². The molecule has 3 atom stereocenters. The van der Waals surface area contributed by atoms with Crippen LogP contribution in [0, 0.1) is 0 Å². The lowest BCUT2D eigenvalue weighted by molar-refractivity contribution is -0.161. The zero-order valence-electron chi connectivity index (χ0n) is 28.7. The van der Waals surface area contributed by atoms with Gasteiger partial charge in [-0.05, 0) is 38.5 Å². The van der Waals surface area contributed by atoms with E-state index in [0.717, 1.165) is 44.9 Å². The molecule has 0 spiro atoms. The van der Waals surface area contributed by atoms with Gasteiger partial charge in [-0.25, -0.2) is 4.57 Å². The quantitative estimate of drug-likeness (QED) is 0.0265. The van der Waals surface area contributed by atoms with E-state index in [1.54, 1.807) is 0 Å². The van der Waals surface area contributed by atoms with Crippen molar-refractivity contribution < 1.29 is 47.5 Å². The Bertz CT molecular complexity index is 854. The van der Waals surface area contributed by atoms with E-state index < -0.39 is 51.1 Å². The maximum Gasteiger partial charge on any atom is 0.472 e. The van der Waals surface area contributed by atoms with Crippen LogP contribution in [0.3, 0.4) is 0 Å². The Kier molecular flexibility index (Phi) is 29.4. The number of unbranched alkanes of at least 4 members (excludes halogenated alkanes) is 17. The Morgan fingerprint density at radius 1 is 0.652 bits per heavy atom. The summed E-state index contributed by atoms with van der Waals surface area (Å²) in [6, 6.07) is -1.52. The molecular weight excluding hydrogens is 613 g/mol. The first-order chi connectivity index (χ1) is 22.1. The summed E-state index contributed by atoms with van der Waals surface area (Å²) in [6.45, 7) is 2.71. The summed E-state index contributed by atoms with van der Waals surface area (Å²) in [5, 5.41) is 8.82. The molecule has 0 aliphatic heterocycles. The largest absolute Gasteiger partial charge is 0.480 e. The monoisotopic (exact) mass is 677 g/mol. The average Bonchev–Trinajstić information content (AvgIpc) is 3.02. The van der Waals surface area contributed by atoms with E-state index in [-0.39, 0.29) is 19.4 Å². The number of phosphoric ester groups is 1. The second kappa shape index (κ2) is 30.5. The lowest BCUT2D eigenvalue weighted by atomic mass is 10.1. The normalized spacial score (nSPS) is 14.2. The number of nitrogens with two attached hydrogens (primary N) is 1. The molecule has 0 saturated heterocycles. The molecule has 270 valence electrons. The van der Waals surface area contributed by atoms with Gasteiger partial charge in [-0.3, -0.25) is 23.4 Å². The summed E-state index contributed by atoms with van der Waals surface area (Å²) in [6.07, 6.45) is 25.9. The van der Waals surface area contributed by atoms with Crippen LogP contribution in [0.25, 0.3) is 0 Å². The van der Waals surface area contributed by atoms with E-state index in [9.17, 15) is 23.8 Å². The first-order valence-corrected chi connectivity index (χ1v) is 19.2. The minimum absolute atomic E-state index is 0.159. The molecule has 0 aromatic carbocycles. The molecule has 0 aliphatic carbocycles. The van der Waals surface area contributed by atoms with Gasteiger partial charge in [-0.1, -0.05) is 116 Å². The Hall–Kier alpha value is -1.78. The summed E-state index contributed by atoms with van der Waals surface area (Å²) < 4.78 is 32.4. The minimum Gasteiger partial charge on any atom is -0.480 e. The zero-order valence-corrected chi connectivity index (χ0v) is 29.6. The van der Waals surface area contributed by atoms with Crippen LogP contribution in [0.5, 0.6) is 0 Å². The molecule has 11 nitrogen and oxygen atoms in total. The van der Waals surface area contributed by atoms with Gasteiger partial charge in [0.25, 0.3) is 0 Å². The lowest BCUT2D eigenvalue weighted by Gasteiger charge is -2.20. The van der Waals surface area contributed by atoms with E-state index >= 15 is 0 Å². The van der Waals surface area contributed by atoms with E-state index in [2.05, 4.69) is 30.5 Å². The van der Waals surface area contributed by atoms with Crippen LogP contribution >= 0.6 is 7.82 Å². The molecule has 0 amide bonds. The van der Waals surface area contributed by atoms with E-state index in [0.29, 0.717) is 12.8 Å². The number of aliphatic carboxylic acids is 1. The molecule has 0 rings (SSSR count). The Balaban J connectivity index is 4.42. The lowest BCUT2D eigenvalue weighted by Crippen LogP contribution is -2.34. The van der Waals surface area contributed by atoms with Gasteiger partial charge in [0.1, 0.15) is 12.6 Å². The van der Waals surface area contributed by atoms with Gasteiger partial charge in [-0.2, -0.15) is 0 Å². The van der Waals surface area contributed by atoms with Crippen molar-refractivity contribution in [3.63, 3.8) is 0 Å². The molecule has 46 heavy (non-hydrogen) atoms. The van der Waals surface area contributed by atoms with Gasteiger partial charge in [-0.15, -0.1) is 0 Å². The van der Waals surface area contributed by atoms with E-state index in [4.69, 9.17) is 24.8 Å². The molecule has 0 saturated carbocycles. The summed E-state index contributed by atoms with van der Waals surface area (Å²) in [5.41, 5.74) is 5.29. The van der Waals surface area contributed by atoms with Crippen LogP contribution in [-0.4, -0.2) is 59.9 Å². The van der Waals surface area contributed by atoms with Crippen molar-refractivity contribution in [2.45, 2.75) is 167 Å². The van der Waals surface area contributed by atoms with Gasteiger partial charge in [0.2, 0.25) is 0 Å². The highest BCUT2D eigenvalue weighted by Gasteiger charge is 2.28. The first-order valence-electron chi connectivity index (χ1n) is 17.7. The van der Waals surface area contributed by atoms with Crippen LogP contribution in [0.4, 0.5) is 0 Å². The van der Waals surface area contributed by atoms with Crippen molar-refractivity contribution in [3.8, 4) is 0 Å². The van der Waals surface area contributed by atoms with Crippen LogP contribution in [0.15, 0.2) is 12.2 Å². The van der Waals surface area contributed by atoms with Crippen molar-refractivity contribution in [3.05, 3.63) is 12.2 Å². The van der Waals surface area contributed by atoms with Gasteiger partial charge in [0.05, 0.1) is 13.2 Å². The molecule has 1 unspecified atom stereocenters. The molecule has 0 heterocycles. The van der Waals surface area contributed by atoms with Crippen molar-refractivity contribution >= 4 is 25.7 Å². The maximum absolute atomic E-state index is 12.5. The number of hydrogen-bond donors (Lipinski definition) is 3. The average molecular weight is 678 g/mol. The fraction of sp³-hybridized carbons (Fsp3) is 0.853. The third-order valence-corrected chi connectivity index (χ3v) is 8.46. The summed E-state index contributed by atoms with van der Waals surface area (Å²) in [4.78, 5) is 45.5. The number of carboxylic acids is 1. The second-order valence-corrected chi connectivity index (χ2v) is 13.5. The number of carbonyl (C=O) groups excluding carboxylic acids is 2. The summed E-state index contributed by atoms with van der Waals surface area (Å²) >= 11 is 0. The molecule has 0 aromatic rings. The van der Waals surface area contributed by atoms with Crippen molar-refractivity contribution in [1.29, 1.82) is 0 Å². The third-order valence-electron chi connectivity index (χ3n) is 7.51. The molecular formula is C34H64NO10P. The van der Waals surface area contributed by atoms with Crippen molar-refractivity contribution in [1.82, 2.24) is 0 Å². The molecule has 0 aromatic heterocycles. The summed E-state index contributed by atoms with van der Waals surface area (Å²) in [5.74, 6) is -2.39. The second-order valence-electron chi connectivity index (χ2n) is 12.0. The first kappa shape index (κ1) is 44.2. The highest BCUT2D eigenvalue weighted by Crippen LogP contribution is 2.43. The topological polar surface area (TPSA) is 172 Å². The fourth-order valence-electron chi connectivity index (χ4n) is 4.65. The maximum atomic E-state index is 12.5. The predicted molar refractivity (Wildman–Crippen MR) is 180 cm³/mol. The molecule has 0 radical (unpaired) electrons. The number of phosphoric acid groups is 1. The number of ether oxygens (including phenoxy) is 2. The van der Waals surface area contributed by atoms with Crippen LogP contribution in [0.1, 0.15) is 155 Å². The fourth-order valence-corrected chi connectivity index (χ4v) is 5.42. The van der Waals surface area contributed by atoms with Gasteiger partial charge < -0.3 is 25.2 Å². The van der Waals surface area contributed by atoms with Gasteiger partial charge >= 0.3 is 25.7 Å². The zero-order chi connectivity index (χ0) is 34.3. The van der Waals surface area contributed by atoms with E-state index in [1.807, 2.05) is 0 Å². The smallest absolute Gasteiger partial charge is 0.472 e. The Morgan fingerprint density at radius 2 is 1.09 bits per heavy atom. The Morgan fingerprint density at radius 3 is 1.61 bits per heavy atom. The van der Waals surface area contributed by atoms with E-state index in [1.165, 1.54) is 70.6 Å². The number of carboxylic acid groups (broad SMARTS) is 1. The van der Waals surface area contributed by atoms with Crippen LogP contribution in [-0.2, 0) is 37.5 Å². The van der Waals surface area contributed by atoms with Crippen molar-refractivity contribution in [2.75, 3.05) is 19.8 Å². The van der Waals surface area contributed by atoms with Crippen molar-refractivity contribution in [2.24, 2.45) is 5.73 Å². The SMILES string of the molecule is CCCCCC/C=C/CCCCCCCCCC(=O)O[C@@H](COC(=O)CCCCCCCCC)COP(=O)(O)OC[C@H](N)C(=O)O. The van der Waals surface area contributed by atoms with Gasteiger partial charge in [0.15, 0.2) is 6.10 Å². The number of allylic oxidation sites excluding steroid dienone is 2. The molecule has 0 bridgehead atoms. The highest BCUT2D eigenvalue weighted by molar-refractivity contribution is 7.47. The molecule has 0 aliphatic rings. The number of carbonyl (C=O) groups is 3. The van der Waals surface area contributed by atoms with Crippen LogP contribution in [0.2, 0.25) is 0 Å². The molecule has 0 fully saturated rings. The standard InChI is InChI=1S/C34H64NO10P/c1-3-5-7-9-11-12-13-14-15-16-17-18-20-22-24-26-33(37)45-30(28-43-46(40,41)44-29-31(35)34(38)39)27-42-32(36)25-23-21-19-10-8-6-4-2/h12-13,30-31H,3-11,14-29,35H2,1-2H3,(H,38,39)(H,40,41)/b13-12+/t30-,31-/m0/s1.